The molecule has 2 N–H and O–H groups in total. The second-order valence-electron chi connectivity index (χ2n) is 4.38. The molecule has 2 aliphatic rings. The molecule has 0 amide bonds. The first kappa shape index (κ1) is 8.52. The van der Waals surface area contributed by atoms with E-state index in [0.717, 1.165) is 25.0 Å². The highest BCUT2D eigenvalue weighted by Gasteiger charge is 2.36. The van der Waals surface area contributed by atoms with E-state index in [4.69, 9.17) is 5.73 Å². The van der Waals surface area contributed by atoms with Gasteiger partial charge in [-0.05, 0) is 18.8 Å². The summed E-state index contributed by atoms with van der Waals surface area (Å²) in [6, 6.07) is 1.36. The highest BCUT2D eigenvalue weighted by atomic mass is 15.2. The first-order valence-corrected chi connectivity index (χ1v) is 5.31. The summed E-state index contributed by atoms with van der Waals surface area (Å²) in [6.45, 7) is 4.63. The van der Waals surface area contributed by atoms with Gasteiger partial charge in [-0.25, -0.2) is 0 Å². The highest BCUT2D eigenvalue weighted by molar-refractivity contribution is 4.93. The molecular weight excluding hydrogens is 148 g/mol. The van der Waals surface area contributed by atoms with Crippen LogP contribution in [0.15, 0.2) is 0 Å². The number of nitrogens with two attached hydrogens (primary N) is 1. The van der Waals surface area contributed by atoms with Gasteiger partial charge in [-0.1, -0.05) is 19.8 Å². The number of hydrogen-bond acceptors (Lipinski definition) is 2. The molecule has 1 saturated carbocycles. The largest absolute Gasteiger partial charge is 0.325 e. The average molecular weight is 168 g/mol. The van der Waals surface area contributed by atoms with E-state index >= 15 is 0 Å². The van der Waals surface area contributed by atoms with Gasteiger partial charge in [0.15, 0.2) is 0 Å². The minimum Gasteiger partial charge on any atom is -0.325 e. The molecule has 2 heteroatoms. The molecule has 0 bridgehead atoms. The Kier molecular flexibility index (Phi) is 2.37. The van der Waals surface area contributed by atoms with Crippen LogP contribution in [0.25, 0.3) is 0 Å². The third-order valence-corrected chi connectivity index (χ3v) is 3.55. The summed E-state index contributed by atoms with van der Waals surface area (Å²) in [6.07, 6.45) is 5.67. The molecule has 2 atom stereocenters. The van der Waals surface area contributed by atoms with E-state index in [-0.39, 0.29) is 0 Å². The lowest BCUT2D eigenvalue weighted by molar-refractivity contribution is 0.0708. The van der Waals surface area contributed by atoms with E-state index in [2.05, 4.69) is 11.8 Å². The quantitative estimate of drug-likeness (QED) is 0.671. The van der Waals surface area contributed by atoms with Gasteiger partial charge in [0, 0.05) is 25.2 Å². The molecule has 12 heavy (non-hydrogen) atoms. The van der Waals surface area contributed by atoms with Crippen molar-refractivity contribution in [3.8, 4) is 0 Å². The summed E-state index contributed by atoms with van der Waals surface area (Å²) in [7, 11) is 0. The van der Waals surface area contributed by atoms with Crippen LogP contribution in [0.2, 0.25) is 0 Å². The second-order valence-corrected chi connectivity index (χ2v) is 4.38. The molecule has 1 aliphatic carbocycles. The van der Waals surface area contributed by atoms with Gasteiger partial charge >= 0.3 is 0 Å². The Balaban J connectivity index is 1.86. The van der Waals surface area contributed by atoms with Crippen molar-refractivity contribution in [2.75, 3.05) is 13.1 Å². The molecule has 0 aromatic carbocycles. The predicted octanol–water partition coefficient (Wildman–Crippen LogP) is 1.21. The Morgan fingerprint density at radius 3 is 2.67 bits per heavy atom. The highest BCUT2D eigenvalue weighted by Crippen LogP contribution is 2.33. The van der Waals surface area contributed by atoms with Crippen molar-refractivity contribution in [2.45, 2.75) is 44.7 Å². The first-order chi connectivity index (χ1) is 5.81. The molecule has 1 aliphatic heterocycles. The fourth-order valence-electron chi connectivity index (χ4n) is 2.79. The van der Waals surface area contributed by atoms with Crippen molar-refractivity contribution in [3.05, 3.63) is 0 Å². The zero-order valence-corrected chi connectivity index (χ0v) is 8.00. The maximum atomic E-state index is 5.78. The normalized spacial score (nSPS) is 38.5. The minimum absolute atomic E-state index is 0.475. The number of likely N-dealkylation sites (tertiary alicyclic amines) is 1. The van der Waals surface area contributed by atoms with Crippen LogP contribution >= 0.6 is 0 Å². The fraction of sp³-hybridized carbons (Fsp3) is 1.00. The van der Waals surface area contributed by atoms with Gasteiger partial charge in [-0.2, -0.15) is 0 Å². The molecule has 0 aromatic rings. The summed E-state index contributed by atoms with van der Waals surface area (Å²) in [5, 5.41) is 0. The van der Waals surface area contributed by atoms with E-state index in [9.17, 15) is 0 Å². The van der Waals surface area contributed by atoms with Gasteiger partial charge in [0.05, 0.1) is 0 Å². The minimum atomic E-state index is 0.475. The van der Waals surface area contributed by atoms with Crippen LogP contribution in [0.4, 0.5) is 0 Å². The molecule has 2 rings (SSSR count). The Labute approximate surface area is 75.1 Å². The monoisotopic (exact) mass is 168 g/mol. The molecule has 70 valence electrons. The Hall–Kier alpha value is -0.0800. The first-order valence-electron chi connectivity index (χ1n) is 5.31. The van der Waals surface area contributed by atoms with E-state index in [1.54, 1.807) is 0 Å². The van der Waals surface area contributed by atoms with Gasteiger partial charge in [-0.15, -0.1) is 0 Å². The van der Waals surface area contributed by atoms with E-state index < -0.39 is 0 Å². The van der Waals surface area contributed by atoms with E-state index in [0.29, 0.717) is 6.04 Å². The molecular formula is C10H20N2. The van der Waals surface area contributed by atoms with Crippen LogP contribution in [-0.4, -0.2) is 30.1 Å². The topological polar surface area (TPSA) is 29.3 Å². The van der Waals surface area contributed by atoms with Crippen molar-refractivity contribution < 1.29 is 0 Å². The number of rotatable bonds is 2. The standard InChI is InChI=1S/C10H20N2/c1-2-8-4-3-5-10(8)12-6-9(11)7-12/h8-10H,2-7,11H2,1H3. The van der Waals surface area contributed by atoms with Crippen LogP contribution in [0, 0.1) is 5.92 Å². The van der Waals surface area contributed by atoms with Crippen LogP contribution in [0.3, 0.4) is 0 Å². The maximum Gasteiger partial charge on any atom is 0.0297 e. The van der Waals surface area contributed by atoms with Gasteiger partial charge in [0.2, 0.25) is 0 Å². The maximum absolute atomic E-state index is 5.78. The fourth-order valence-corrected chi connectivity index (χ4v) is 2.79. The number of hydrogen-bond donors (Lipinski definition) is 1. The molecule has 0 spiro atoms. The van der Waals surface area contributed by atoms with Crippen molar-refractivity contribution in [3.63, 3.8) is 0 Å². The van der Waals surface area contributed by atoms with Crippen LogP contribution in [-0.2, 0) is 0 Å². The lowest BCUT2D eigenvalue weighted by Gasteiger charge is -2.43. The lowest BCUT2D eigenvalue weighted by Crippen LogP contribution is -2.60. The number of nitrogens with zero attached hydrogens (tertiary/aromatic N) is 1. The van der Waals surface area contributed by atoms with Crippen molar-refractivity contribution in [2.24, 2.45) is 11.7 Å². The molecule has 2 fully saturated rings. The summed E-state index contributed by atoms with van der Waals surface area (Å²) in [4.78, 5) is 2.59. The zero-order chi connectivity index (χ0) is 8.55. The van der Waals surface area contributed by atoms with Crippen molar-refractivity contribution in [1.82, 2.24) is 4.90 Å². The Morgan fingerprint density at radius 1 is 1.33 bits per heavy atom. The predicted molar refractivity (Wildman–Crippen MR) is 51.0 cm³/mol. The Morgan fingerprint density at radius 2 is 2.08 bits per heavy atom. The summed E-state index contributed by atoms with van der Waals surface area (Å²) < 4.78 is 0. The molecule has 2 nitrogen and oxygen atoms in total. The third kappa shape index (κ3) is 1.38. The van der Waals surface area contributed by atoms with E-state index in [1.165, 1.54) is 25.7 Å². The van der Waals surface area contributed by atoms with Crippen molar-refractivity contribution in [1.29, 1.82) is 0 Å². The van der Waals surface area contributed by atoms with Gasteiger partial charge in [0.25, 0.3) is 0 Å². The molecule has 0 aromatic heterocycles. The molecule has 0 radical (unpaired) electrons. The summed E-state index contributed by atoms with van der Waals surface area (Å²) in [5.41, 5.74) is 5.78. The summed E-state index contributed by atoms with van der Waals surface area (Å²) >= 11 is 0. The van der Waals surface area contributed by atoms with Gasteiger partial charge in [-0.3, -0.25) is 4.90 Å². The molecule has 1 saturated heterocycles. The van der Waals surface area contributed by atoms with Crippen LogP contribution < -0.4 is 5.73 Å². The third-order valence-electron chi connectivity index (χ3n) is 3.55. The SMILES string of the molecule is CCC1CCCC1N1CC(N)C1. The van der Waals surface area contributed by atoms with Crippen molar-refractivity contribution >= 4 is 0 Å². The van der Waals surface area contributed by atoms with Gasteiger partial charge < -0.3 is 5.73 Å². The van der Waals surface area contributed by atoms with Gasteiger partial charge in [0.1, 0.15) is 0 Å². The average Bonchev–Trinajstić information content (AvgIpc) is 2.45. The lowest BCUT2D eigenvalue weighted by atomic mass is 9.95. The molecule has 1 heterocycles. The smallest absolute Gasteiger partial charge is 0.0297 e. The summed E-state index contributed by atoms with van der Waals surface area (Å²) in [5.74, 6) is 0.970. The van der Waals surface area contributed by atoms with Crippen LogP contribution in [0.1, 0.15) is 32.6 Å². The van der Waals surface area contributed by atoms with E-state index in [1.807, 2.05) is 0 Å². The second kappa shape index (κ2) is 3.35. The Bertz CT molecular complexity index is 152. The van der Waals surface area contributed by atoms with Crippen LogP contribution in [0.5, 0.6) is 0 Å². The zero-order valence-electron chi connectivity index (χ0n) is 8.00. The molecule has 2 unspecified atom stereocenters.